The normalized spacial score (nSPS) is 57.2. The van der Waals surface area contributed by atoms with E-state index in [2.05, 4.69) is 0 Å². The van der Waals surface area contributed by atoms with Crippen LogP contribution in [0.2, 0.25) is 5.04 Å². The minimum absolute atomic E-state index is 0.248. The number of rotatable bonds is 1. The van der Waals surface area contributed by atoms with Gasteiger partial charge in [0.2, 0.25) is 0 Å². The molecular weight excluding hydrogens is 184 g/mol. The van der Waals surface area contributed by atoms with Gasteiger partial charge in [-0.3, -0.25) is 0 Å². The third-order valence-electron chi connectivity index (χ3n) is 4.45. The van der Waals surface area contributed by atoms with Crippen molar-refractivity contribution in [2.24, 2.45) is 17.8 Å². The van der Waals surface area contributed by atoms with Gasteiger partial charge in [0.15, 0.2) is 0 Å². The Morgan fingerprint density at radius 1 is 0.917 bits per heavy atom. The first-order valence-corrected chi connectivity index (χ1v) is 8.20. The molecule has 12 heavy (non-hydrogen) atoms. The van der Waals surface area contributed by atoms with Crippen molar-refractivity contribution in [3.8, 4) is 0 Å². The summed E-state index contributed by atoms with van der Waals surface area (Å²) in [6.07, 6.45) is 9.25. The summed E-state index contributed by atoms with van der Waals surface area (Å²) in [5.74, 6) is 3.30. The molecule has 4 aliphatic rings. The molecule has 0 spiro atoms. The molecule has 0 nitrogen and oxygen atoms in total. The minimum atomic E-state index is -0.248. The topological polar surface area (TPSA) is 0 Å². The van der Waals surface area contributed by atoms with Gasteiger partial charge in [0.25, 0.3) is 0 Å². The van der Waals surface area contributed by atoms with E-state index in [-0.39, 0.29) is 8.83 Å². The molecule has 4 bridgehead atoms. The highest BCUT2D eigenvalue weighted by atomic mass is 35.6. The van der Waals surface area contributed by atoms with Crippen molar-refractivity contribution in [2.45, 2.75) is 43.6 Å². The molecule has 0 N–H and O–H groups in total. The van der Waals surface area contributed by atoms with Crippen LogP contribution in [0.1, 0.15) is 38.5 Å². The fourth-order valence-corrected chi connectivity index (χ4v) is 6.99. The van der Waals surface area contributed by atoms with E-state index in [1.54, 1.807) is 19.3 Å². The van der Waals surface area contributed by atoms with E-state index in [1.807, 2.05) is 0 Å². The van der Waals surface area contributed by atoms with E-state index in [0.29, 0.717) is 0 Å². The fourth-order valence-electron chi connectivity index (χ4n) is 4.45. The van der Waals surface area contributed by atoms with Crippen LogP contribution in [0.3, 0.4) is 0 Å². The van der Waals surface area contributed by atoms with Gasteiger partial charge in [0, 0.05) is 0 Å². The molecule has 0 aromatic rings. The molecule has 4 aliphatic carbocycles. The van der Waals surface area contributed by atoms with Gasteiger partial charge in [-0.25, -0.2) is 0 Å². The Bertz CT molecular complexity index is 167. The molecule has 0 radical (unpaired) electrons. The number of hydrogen-bond donors (Lipinski definition) is 0. The van der Waals surface area contributed by atoms with Crippen LogP contribution < -0.4 is 0 Å². The molecule has 4 fully saturated rings. The summed E-state index contributed by atoms with van der Waals surface area (Å²) in [5.41, 5.74) is 0. The van der Waals surface area contributed by atoms with Crippen LogP contribution in [0.5, 0.6) is 0 Å². The van der Waals surface area contributed by atoms with Gasteiger partial charge < -0.3 is 0 Å². The Labute approximate surface area is 81.6 Å². The summed E-state index contributed by atoms with van der Waals surface area (Å²) in [5, 5.41) is 0.746. The van der Waals surface area contributed by atoms with Gasteiger partial charge in [0.1, 0.15) is 8.83 Å². The summed E-state index contributed by atoms with van der Waals surface area (Å²) in [4.78, 5) is 0. The first kappa shape index (κ1) is 7.87. The third kappa shape index (κ3) is 1.02. The number of hydrogen-bond acceptors (Lipinski definition) is 0. The molecule has 2 heteroatoms. The molecule has 4 saturated carbocycles. The Morgan fingerprint density at radius 3 is 1.67 bits per heavy atom. The summed E-state index contributed by atoms with van der Waals surface area (Å²) in [7, 11) is -0.248. The smallest absolute Gasteiger partial charge is 0.131 e. The minimum Gasteiger partial charge on any atom is -0.176 e. The zero-order valence-electron chi connectivity index (χ0n) is 7.56. The lowest BCUT2D eigenvalue weighted by molar-refractivity contribution is 0.0296. The van der Waals surface area contributed by atoms with Crippen LogP contribution in [0.4, 0.5) is 0 Å². The van der Waals surface area contributed by atoms with E-state index < -0.39 is 0 Å². The van der Waals surface area contributed by atoms with Gasteiger partial charge >= 0.3 is 0 Å². The fraction of sp³-hybridized carbons (Fsp3) is 1.00. The molecular formula is C10H17ClSi. The van der Waals surface area contributed by atoms with Crippen molar-refractivity contribution < 1.29 is 0 Å². The highest BCUT2D eigenvalue weighted by Gasteiger charge is 2.50. The quantitative estimate of drug-likeness (QED) is 0.451. The van der Waals surface area contributed by atoms with Crippen molar-refractivity contribution in [1.29, 1.82) is 0 Å². The monoisotopic (exact) mass is 200 g/mol. The van der Waals surface area contributed by atoms with E-state index in [0.717, 1.165) is 22.8 Å². The van der Waals surface area contributed by atoms with Gasteiger partial charge in [0.05, 0.1) is 0 Å². The molecule has 0 unspecified atom stereocenters. The lowest BCUT2D eigenvalue weighted by atomic mass is 9.56. The summed E-state index contributed by atoms with van der Waals surface area (Å²) >= 11 is 6.26. The molecule has 4 rings (SSSR count). The Kier molecular flexibility index (Phi) is 1.64. The molecule has 0 amide bonds. The van der Waals surface area contributed by atoms with Crippen molar-refractivity contribution in [2.75, 3.05) is 0 Å². The van der Waals surface area contributed by atoms with Crippen LogP contribution in [-0.4, -0.2) is 8.83 Å². The number of halogens is 1. The highest BCUT2D eigenvalue weighted by molar-refractivity contribution is 6.95. The van der Waals surface area contributed by atoms with E-state index in [1.165, 1.54) is 19.3 Å². The molecule has 0 aliphatic heterocycles. The van der Waals surface area contributed by atoms with Crippen LogP contribution in [-0.2, 0) is 0 Å². The third-order valence-corrected chi connectivity index (χ3v) is 7.58. The Hall–Kier alpha value is 0.507. The summed E-state index contributed by atoms with van der Waals surface area (Å²) in [6, 6.07) is 0. The molecule has 68 valence electrons. The maximum atomic E-state index is 6.26. The molecule has 0 heterocycles. The highest BCUT2D eigenvalue weighted by Crippen LogP contribution is 2.63. The van der Waals surface area contributed by atoms with Gasteiger partial charge in [-0.05, 0) is 61.3 Å². The lowest BCUT2D eigenvalue weighted by Gasteiger charge is -2.56. The summed E-state index contributed by atoms with van der Waals surface area (Å²) in [6.45, 7) is 0. The van der Waals surface area contributed by atoms with Crippen LogP contribution in [0.25, 0.3) is 0 Å². The average Bonchev–Trinajstić information content (AvgIpc) is 2.02. The van der Waals surface area contributed by atoms with Gasteiger partial charge in [-0.1, -0.05) is 0 Å². The summed E-state index contributed by atoms with van der Waals surface area (Å²) < 4.78 is 0. The van der Waals surface area contributed by atoms with E-state index in [9.17, 15) is 0 Å². The van der Waals surface area contributed by atoms with Crippen LogP contribution >= 0.6 is 11.1 Å². The first-order chi connectivity index (χ1) is 5.80. The second kappa shape index (κ2) is 2.51. The first-order valence-electron chi connectivity index (χ1n) is 5.36. The van der Waals surface area contributed by atoms with Crippen molar-refractivity contribution in [3.05, 3.63) is 0 Å². The predicted molar refractivity (Wildman–Crippen MR) is 55.3 cm³/mol. The van der Waals surface area contributed by atoms with E-state index in [4.69, 9.17) is 11.1 Å². The lowest BCUT2D eigenvalue weighted by Crippen LogP contribution is -2.43. The second-order valence-electron chi connectivity index (χ2n) is 5.55. The largest absolute Gasteiger partial charge is 0.176 e. The van der Waals surface area contributed by atoms with Crippen molar-refractivity contribution in [3.63, 3.8) is 0 Å². The van der Waals surface area contributed by atoms with Crippen molar-refractivity contribution >= 4 is 19.9 Å². The van der Waals surface area contributed by atoms with E-state index >= 15 is 0 Å². The molecule has 0 aromatic heterocycles. The van der Waals surface area contributed by atoms with Crippen LogP contribution in [0, 0.1) is 17.8 Å². The Balaban J connectivity index is 1.90. The molecule has 0 aromatic carbocycles. The zero-order valence-corrected chi connectivity index (χ0v) is 9.73. The second-order valence-corrected chi connectivity index (χ2v) is 8.12. The predicted octanol–water partition coefficient (Wildman–Crippen LogP) is 2.70. The maximum Gasteiger partial charge on any atom is 0.131 e. The average molecular weight is 201 g/mol. The molecule has 0 atom stereocenters. The van der Waals surface area contributed by atoms with Gasteiger partial charge in [-0.2, -0.15) is 11.1 Å². The van der Waals surface area contributed by atoms with Crippen LogP contribution in [0.15, 0.2) is 0 Å². The van der Waals surface area contributed by atoms with Crippen molar-refractivity contribution in [1.82, 2.24) is 0 Å². The Morgan fingerprint density at radius 2 is 1.33 bits per heavy atom. The SMILES string of the molecule is Cl[SiH2]C12CC3CC(CC(C3)C1)C2. The standard InChI is InChI=1S/C10H17ClSi/c11-12-10-4-7-1-8(5-10)3-9(2-7)6-10/h7-9H,1-6,12H2. The molecule has 0 saturated heterocycles. The maximum absolute atomic E-state index is 6.26. The van der Waals surface area contributed by atoms with Gasteiger partial charge in [-0.15, -0.1) is 0 Å². The zero-order chi connectivity index (χ0) is 8.18.